The summed E-state index contributed by atoms with van der Waals surface area (Å²) in [7, 11) is 3.50. The Hall–Kier alpha value is -3.11. The molecule has 10 nitrogen and oxygen atoms in total. The molecule has 10 heteroatoms. The van der Waals surface area contributed by atoms with E-state index in [1.165, 1.54) is 0 Å². The van der Waals surface area contributed by atoms with E-state index < -0.39 is 0 Å². The van der Waals surface area contributed by atoms with Gasteiger partial charge in [-0.1, -0.05) is 25.5 Å². The van der Waals surface area contributed by atoms with Crippen molar-refractivity contribution >= 4 is 11.5 Å². The van der Waals surface area contributed by atoms with Crippen molar-refractivity contribution in [3.8, 4) is 17.5 Å². The summed E-state index contributed by atoms with van der Waals surface area (Å²) >= 11 is 0. The highest BCUT2D eigenvalue weighted by molar-refractivity contribution is 5.60. The van der Waals surface area contributed by atoms with Gasteiger partial charge in [0, 0.05) is 31.6 Å². The Kier molecular flexibility index (Phi) is 8.46. The molecule has 0 aliphatic carbocycles. The van der Waals surface area contributed by atoms with Gasteiger partial charge in [-0.05, 0) is 19.5 Å². The van der Waals surface area contributed by atoms with E-state index in [9.17, 15) is 5.11 Å². The van der Waals surface area contributed by atoms with Crippen LogP contribution >= 0.6 is 0 Å². The van der Waals surface area contributed by atoms with Crippen molar-refractivity contribution in [1.82, 2.24) is 24.9 Å². The molecule has 0 unspecified atom stereocenters. The highest BCUT2D eigenvalue weighted by Crippen LogP contribution is 2.32. The summed E-state index contributed by atoms with van der Waals surface area (Å²) in [4.78, 5) is 8.63. The fourth-order valence-electron chi connectivity index (χ4n) is 3.48. The topological polar surface area (TPSA) is 129 Å². The molecule has 0 bridgehead atoms. The van der Waals surface area contributed by atoms with E-state index in [0.29, 0.717) is 36.6 Å². The molecule has 0 amide bonds. The number of aromatic nitrogens is 4. The summed E-state index contributed by atoms with van der Waals surface area (Å²) in [5.74, 6) is 1.58. The predicted molar refractivity (Wildman–Crippen MR) is 121 cm³/mol. The maximum absolute atomic E-state index is 9.30. The van der Waals surface area contributed by atoms with Crippen molar-refractivity contribution in [3.05, 3.63) is 35.7 Å². The number of ether oxygens (including phenoxy) is 3. The minimum Gasteiger partial charge on any atom is -0.493 e. The van der Waals surface area contributed by atoms with Gasteiger partial charge in [0.05, 0.1) is 19.0 Å². The van der Waals surface area contributed by atoms with Gasteiger partial charge >= 0.3 is 6.01 Å². The zero-order chi connectivity index (χ0) is 22.9. The number of anilines is 1. The largest absolute Gasteiger partial charge is 0.493 e. The van der Waals surface area contributed by atoms with Crippen molar-refractivity contribution in [1.29, 1.82) is 0 Å². The summed E-state index contributed by atoms with van der Waals surface area (Å²) in [6.45, 7) is 3.35. The second-order valence-corrected chi connectivity index (χ2v) is 7.38. The van der Waals surface area contributed by atoms with Crippen molar-refractivity contribution in [2.24, 2.45) is 0 Å². The van der Waals surface area contributed by atoms with Crippen LogP contribution in [0.5, 0.6) is 17.5 Å². The third kappa shape index (κ3) is 5.57. The van der Waals surface area contributed by atoms with E-state index in [0.717, 1.165) is 30.6 Å². The van der Waals surface area contributed by atoms with Gasteiger partial charge in [0.15, 0.2) is 23.0 Å². The van der Waals surface area contributed by atoms with Crippen LogP contribution in [0.15, 0.2) is 24.4 Å². The van der Waals surface area contributed by atoms with Crippen molar-refractivity contribution in [2.45, 2.75) is 38.7 Å². The Labute approximate surface area is 187 Å². The van der Waals surface area contributed by atoms with E-state index >= 15 is 0 Å². The summed E-state index contributed by atoms with van der Waals surface area (Å²) in [6, 6.07) is 5.95. The fourth-order valence-corrected chi connectivity index (χ4v) is 3.48. The lowest BCUT2D eigenvalue weighted by Crippen LogP contribution is -2.20. The predicted octanol–water partition coefficient (Wildman–Crippen LogP) is 1.83. The average Bonchev–Trinajstić information content (AvgIpc) is 3.18. The molecule has 0 saturated carbocycles. The number of hydrogen-bond acceptors (Lipinski definition) is 9. The van der Waals surface area contributed by atoms with Crippen molar-refractivity contribution < 1.29 is 19.3 Å². The van der Waals surface area contributed by atoms with Crippen LogP contribution in [-0.4, -0.2) is 64.7 Å². The molecule has 2 aromatic heterocycles. The van der Waals surface area contributed by atoms with Gasteiger partial charge in [-0.25, -0.2) is 9.50 Å². The number of rotatable bonds is 13. The first-order valence-corrected chi connectivity index (χ1v) is 10.8. The van der Waals surface area contributed by atoms with Gasteiger partial charge < -0.3 is 30.4 Å². The molecular formula is C22H32N6O4. The first kappa shape index (κ1) is 23.6. The number of nitrogens with two attached hydrogens (primary N) is 1. The smallest absolute Gasteiger partial charge is 0.336 e. The first-order valence-electron chi connectivity index (χ1n) is 10.8. The molecule has 0 aliphatic heterocycles. The molecule has 3 aromatic rings. The van der Waals surface area contributed by atoms with Gasteiger partial charge in [-0.15, -0.1) is 5.10 Å². The molecule has 1 aromatic carbocycles. The second-order valence-electron chi connectivity index (χ2n) is 7.38. The van der Waals surface area contributed by atoms with Crippen LogP contribution in [-0.2, 0) is 6.42 Å². The Bertz CT molecular complexity index is 1000. The van der Waals surface area contributed by atoms with E-state index in [1.807, 2.05) is 25.2 Å². The second kappa shape index (κ2) is 11.5. The maximum atomic E-state index is 9.30. The van der Waals surface area contributed by atoms with Gasteiger partial charge in [-0.2, -0.15) is 4.98 Å². The first-order chi connectivity index (χ1) is 15.6. The summed E-state index contributed by atoms with van der Waals surface area (Å²) in [5.41, 5.74) is 8.32. The molecule has 2 heterocycles. The standard InChI is InChI=1S/C22H32N6O4/c1-4-6-17(9-11-29)32-22-26-20(23)21-25-14-16(28(21)27-22)13-15-7-5-8-18(19(15)30-3)31-12-10-24-2/h5,7-8,14,17,24,29H,4,6,9-13H2,1-3H3,(H2,23,26,27)/t17-/m1/s1. The number of hydrogen-bond donors (Lipinski definition) is 3. The van der Waals surface area contributed by atoms with E-state index in [-0.39, 0.29) is 24.5 Å². The Morgan fingerprint density at radius 3 is 2.84 bits per heavy atom. The molecule has 0 saturated heterocycles. The van der Waals surface area contributed by atoms with Crippen LogP contribution in [0.2, 0.25) is 0 Å². The number of benzene rings is 1. The highest BCUT2D eigenvalue weighted by atomic mass is 16.5. The molecule has 0 radical (unpaired) electrons. The van der Waals surface area contributed by atoms with Crippen molar-refractivity contribution in [2.75, 3.05) is 39.6 Å². The Morgan fingerprint density at radius 2 is 2.12 bits per heavy atom. The van der Waals surface area contributed by atoms with E-state index in [1.54, 1.807) is 17.8 Å². The van der Waals surface area contributed by atoms with Crippen molar-refractivity contribution in [3.63, 3.8) is 0 Å². The van der Waals surface area contributed by atoms with Crippen LogP contribution in [0.25, 0.3) is 5.65 Å². The van der Waals surface area contributed by atoms with E-state index in [4.69, 9.17) is 19.9 Å². The lowest BCUT2D eigenvalue weighted by atomic mass is 10.1. The molecule has 4 N–H and O–H groups in total. The maximum Gasteiger partial charge on any atom is 0.336 e. The Balaban J connectivity index is 1.90. The number of nitrogens with zero attached hydrogens (tertiary/aromatic N) is 4. The van der Waals surface area contributed by atoms with Gasteiger partial charge in [0.2, 0.25) is 0 Å². The van der Waals surface area contributed by atoms with E-state index in [2.05, 4.69) is 27.3 Å². The number of imidazole rings is 1. The minimum atomic E-state index is -0.180. The molecule has 32 heavy (non-hydrogen) atoms. The van der Waals surface area contributed by atoms with Gasteiger partial charge in [-0.3, -0.25) is 0 Å². The summed E-state index contributed by atoms with van der Waals surface area (Å²) in [5, 5.41) is 16.9. The van der Waals surface area contributed by atoms with Crippen LogP contribution in [0.4, 0.5) is 5.82 Å². The summed E-state index contributed by atoms with van der Waals surface area (Å²) in [6.07, 6.45) is 4.25. The molecular weight excluding hydrogens is 412 g/mol. The number of fused-ring (bicyclic) bond motifs is 1. The van der Waals surface area contributed by atoms with Crippen LogP contribution in [0, 0.1) is 0 Å². The minimum absolute atomic E-state index is 0.0330. The number of nitrogen functional groups attached to an aromatic ring is 1. The summed E-state index contributed by atoms with van der Waals surface area (Å²) < 4.78 is 19.1. The number of para-hydroxylation sites is 1. The molecule has 174 valence electrons. The zero-order valence-electron chi connectivity index (χ0n) is 18.9. The lowest BCUT2D eigenvalue weighted by molar-refractivity contribution is 0.133. The van der Waals surface area contributed by atoms with Gasteiger partial charge in [0.1, 0.15) is 12.7 Å². The Morgan fingerprint density at radius 1 is 1.28 bits per heavy atom. The zero-order valence-corrected chi connectivity index (χ0v) is 18.9. The monoisotopic (exact) mass is 444 g/mol. The normalized spacial score (nSPS) is 12.1. The molecule has 0 spiro atoms. The lowest BCUT2D eigenvalue weighted by Gasteiger charge is -2.16. The third-order valence-electron chi connectivity index (χ3n) is 5.02. The number of nitrogens with one attached hydrogen (secondary N) is 1. The SMILES string of the molecule is CCC[C@H](CCO)Oc1nc(N)c2ncc(Cc3cccc(OCCNC)c3OC)n2n1. The average molecular weight is 445 g/mol. The van der Waals surface area contributed by atoms with Crippen LogP contribution in [0.1, 0.15) is 37.4 Å². The quantitative estimate of drug-likeness (QED) is 0.338. The molecule has 3 rings (SSSR count). The number of aliphatic hydroxyl groups is 1. The number of likely N-dealkylation sites (N-methyl/N-ethyl adjacent to an activating group) is 1. The van der Waals surface area contributed by atoms with Gasteiger partial charge in [0.25, 0.3) is 0 Å². The fraction of sp³-hybridized carbons (Fsp3) is 0.500. The van der Waals surface area contributed by atoms with Crippen LogP contribution in [0.3, 0.4) is 0 Å². The molecule has 1 atom stereocenters. The number of aliphatic hydroxyl groups excluding tert-OH is 1. The highest BCUT2D eigenvalue weighted by Gasteiger charge is 2.18. The molecule has 0 fully saturated rings. The third-order valence-corrected chi connectivity index (χ3v) is 5.02. The molecule has 0 aliphatic rings. The van der Waals surface area contributed by atoms with Crippen LogP contribution < -0.4 is 25.3 Å². The number of methoxy groups -OCH3 is 1.